The summed E-state index contributed by atoms with van der Waals surface area (Å²) in [5.74, 6) is 0.746. The Bertz CT molecular complexity index is 524. The second-order valence-electron chi connectivity index (χ2n) is 4.56. The smallest absolute Gasteiger partial charge is 0.244 e. The monoisotopic (exact) mass is 270 g/mol. The molecule has 0 heterocycles. The van der Waals surface area contributed by atoms with Crippen molar-refractivity contribution in [2.45, 2.75) is 24.2 Å². The molecule has 1 saturated carbocycles. The molecule has 18 heavy (non-hydrogen) atoms. The van der Waals surface area contributed by atoms with E-state index in [9.17, 15) is 8.42 Å². The van der Waals surface area contributed by atoms with E-state index in [2.05, 4.69) is 4.72 Å². The fourth-order valence-corrected chi connectivity index (χ4v) is 3.17. The Morgan fingerprint density at radius 1 is 1.44 bits per heavy atom. The lowest BCUT2D eigenvalue weighted by molar-refractivity contribution is 0.316. The van der Waals surface area contributed by atoms with Crippen molar-refractivity contribution in [2.75, 3.05) is 19.4 Å². The van der Waals surface area contributed by atoms with Crippen LogP contribution in [0.15, 0.2) is 23.1 Å². The summed E-state index contributed by atoms with van der Waals surface area (Å²) >= 11 is 0. The van der Waals surface area contributed by atoms with Crippen LogP contribution in [0.4, 0.5) is 5.69 Å². The third-order valence-corrected chi connectivity index (χ3v) is 4.73. The van der Waals surface area contributed by atoms with E-state index in [1.165, 1.54) is 25.7 Å². The van der Waals surface area contributed by atoms with Crippen LogP contribution in [0.2, 0.25) is 0 Å². The number of rotatable bonds is 5. The van der Waals surface area contributed by atoms with Gasteiger partial charge in [0.1, 0.15) is 10.6 Å². The number of nitrogens with one attached hydrogen (secondary N) is 1. The summed E-state index contributed by atoms with van der Waals surface area (Å²) in [4.78, 5) is 0.138. The first-order valence-corrected chi connectivity index (χ1v) is 7.44. The molecule has 1 aromatic carbocycles. The largest absolute Gasteiger partial charge is 0.495 e. The number of sulfonamides is 1. The first-order valence-electron chi connectivity index (χ1n) is 5.96. The Hall–Kier alpha value is -1.27. The van der Waals surface area contributed by atoms with Gasteiger partial charge in [-0.3, -0.25) is 0 Å². The molecule has 5 nitrogen and oxygen atoms in total. The van der Waals surface area contributed by atoms with Gasteiger partial charge in [-0.1, -0.05) is 6.42 Å². The summed E-state index contributed by atoms with van der Waals surface area (Å²) in [5.41, 5.74) is 6.08. The first-order chi connectivity index (χ1) is 8.53. The van der Waals surface area contributed by atoms with Crippen molar-refractivity contribution >= 4 is 15.7 Å². The number of nitrogen functional groups attached to an aromatic ring is 1. The van der Waals surface area contributed by atoms with E-state index in [1.807, 2.05) is 0 Å². The molecule has 0 saturated heterocycles. The Morgan fingerprint density at radius 3 is 2.72 bits per heavy atom. The molecule has 1 aliphatic rings. The van der Waals surface area contributed by atoms with Gasteiger partial charge in [-0.25, -0.2) is 13.1 Å². The van der Waals surface area contributed by atoms with Crippen molar-refractivity contribution in [1.82, 2.24) is 4.72 Å². The molecular weight excluding hydrogens is 252 g/mol. The summed E-state index contributed by atoms with van der Waals surface area (Å²) in [6.45, 7) is 0.496. The van der Waals surface area contributed by atoms with Crippen LogP contribution in [0.5, 0.6) is 5.75 Å². The summed E-state index contributed by atoms with van der Waals surface area (Å²) in [5, 5.41) is 0. The summed E-state index contributed by atoms with van der Waals surface area (Å²) in [6, 6.07) is 4.54. The normalized spacial score (nSPS) is 16.3. The minimum absolute atomic E-state index is 0.138. The van der Waals surface area contributed by atoms with Gasteiger partial charge >= 0.3 is 0 Å². The van der Waals surface area contributed by atoms with Crippen LogP contribution in [0.25, 0.3) is 0 Å². The number of nitrogens with two attached hydrogens (primary N) is 1. The molecule has 0 aliphatic heterocycles. The van der Waals surface area contributed by atoms with Crippen LogP contribution in [-0.4, -0.2) is 22.1 Å². The molecule has 2 rings (SSSR count). The lowest BCUT2D eigenvalue weighted by Crippen LogP contribution is -2.32. The molecule has 100 valence electrons. The first kappa shape index (κ1) is 13.2. The Labute approximate surface area is 107 Å². The minimum Gasteiger partial charge on any atom is -0.495 e. The number of anilines is 1. The molecule has 0 atom stereocenters. The van der Waals surface area contributed by atoms with Gasteiger partial charge in [0.25, 0.3) is 0 Å². The second-order valence-corrected chi connectivity index (χ2v) is 6.29. The Kier molecular flexibility index (Phi) is 3.77. The van der Waals surface area contributed by atoms with Crippen molar-refractivity contribution < 1.29 is 13.2 Å². The van der Waals surface area contributed by atoms with Crippen LogP contribution >= 0.6 is 0 Å². The molecule has 6 heteroatoms. The van der Waals surface area contributed by atoms with Crippen LogP contribution in [-0.2, 0) is 10.0 Å². The number of ether oxygens (including phenoxy) is 1. The highest BCUT2D eigenvalue weighted by atomic mass is 32.2. The van der Waals surface area contributed by atoms with E-state index in [0.29, 0.717) is 18.2 Å². The lowest BCUT2D eigenvalue weighted by atomic mass is 9.86. The molecule has 0 radical (unpaired) electrons. The van der Waals surface area contributed by atoms with Gasteiger partial charge in [0, 0.05) is 18.3 Å². The molecular formula is C12H18N2O3S. The van der Waals surface area contributed by atoms with Crippen LogP contribution in [0.3, 0.4) is 0 Å². The average Bonchev–Trinajstić information content (AvgIpc) is 2.26. The van der Waals surface area contributed by atoms with E-state index >= 15 is 0 Å². The number of hydrogen-bond acceptors (Lipinski definition) is 4. The molecule has 0 aromatic heterocycles. The second kappa shape index (κ2) is 5.16. The number of benzene rings is 1. The maximum absolute atomic E-state index is 12.1. The van der Waals surface area contributed by atoms with Crippen molar-refractivity contribution in [1.29, 1.82) is 0 Å². The molecule has 1 aliphatic carbocycles. The maximum atomic E-state index is 12.1. The van der Waals surface area contributed by atoms with Gasteiger partial charge in [-0.05, 0) is 30.9 Å². The van der Waals surface area contributed by atoms with Gasteiger partial charge in [0.15, 0.2) is 0 Å². The predicted molar refractivity (Wildman–Crippen MR) is 69.9 cm³/mol. The summed E-state index contributed by atoms with van der Waals surface area (Å²) in [7, 11) is -2.09. The minimum atomic E-state index is -3.52. The molecule has 0 bridgehead atoms. The van der Waals surface area contributed by atoms with Gasteiger partial charge in [-0.15, -0.1) is 0 Å². The predicted octanol–water partition coefficient (Wildman–Crippen LogP) is 1.36. The zero-order chi connectivity index (χ0) is 13.2. The number of hydrogen-bond donors (Lipinski definition) is 2. The summed E-state index contributed by atoms with van der Waals surface area (Å²) in [6.07, 6.45) is 3.39. The van der Waals surface area contributed by atoms with Gasteiger partial charge in [0.2, 0.25) is 10.0 Å². The van der Waals surface area contributed by atoms with E-state index in [4.69, 9.17) is 10.5 Å². The highest BCUT2D eigenvalue weighted by molar-refractivity contribution is 7.89. The fourth-order valence-electron chi connectivity index (χ4n) is 1.91. The van der Waals surface area contributed by atoms with Crippen molar-refractivity contribution in [3.05, 3.63) is 18.2 Å². The third-order valence-electron chi connectivity index (χ3n) is 3.26. The van der Waals surface area contributed by atoms with E-state index < -0.39 is 10.0 Å². The maximum Gasteiger partial charge on any atom is 0.244 e. The highest BCUT2D eigenvalue weighted by Crippen LogP contribution is 2.28. The third kappa shape index (κ3) is 2.76. The lowest BCUT2D eigenvalue weighted by Gasteiger charge is -2.25. The van der Waals surface area contributed by atoms with E-state index in [1.54, 1.807) is 6.07 Å². The van der Waals surface area contributed by atoms with E-state index in [0.717, 1.165) is 12.8 Å². The molecule has 0 spiro atoms. The van der Waals surface area contributed by atoms with Gasteiger partial charge in [-0.2, -0.15) is 0 Å². The highest BCUT2D eigenvalue weighted by Gasteiger charge is 2.23. The van der Waals surface area contributed by atoms with Crippen molar-refractivity contribution in [3.63, 3.8) is 0 Å². The average molecular weight is 270 g/mol. The molecule has 3 N–H and O–H groups in total. The van der Waals surface area contributed by atoms with E-state index in [-0.39, 0.29) is 10.6 Å². The molecule has 1 fully saturated rings. The topological polar surface area (TPSA) is 81.4 Å². The van der Waals surface area contributed by atoms with Crippen molar-refractivity contribution in [3.8, 4) is 5.75 Å². The quantitative estimate of drug-likeness (QED) is 0.791. The molecule has 0 amide bonds. The van der Waals surface area contributed by atoms with Crippen LogP contribution < -0.4 is 15.2 Å². The van der Waals surface area contributed by atoms with Crippen molar-refractivity contribution in [2.24, 2.45) is 5.92 Å². The van der Waals surface area contributed by atoms with Gasteiger partial charge < -0.3 is 10.5 Å². The van der Waals surface area contributed by atoms with Gasteiger partial charge in [0.05, 0.1) is 7.11 Å². The zero-order valence-corrected chi connectivity index (χ0v) is 11.2. The summed E-state index contributed by atoms with van der Waals surface area (Å²) < 4.78 is 32.0. The number of methoxy groups -OCH3 is 1. The Balaban J connectivity index is 2.17. The fraction of sp³-hybridized carbons (Fsp3) is 0.500. The SMILES string of the molecule is COc1cc(N)ccc1S(=O)(=O)NCC1CCC1. The standard InChI is InChI=1S/C12H18N2O3S/c1-17-11-7-10(13)5-6-12(11)18(15,16)14-8-9-3-2-4-9/h5-7,9,14H,2-4,8,13H2,1H3. The Morgan fingerprint density at radius 2 is 2.17 bits per heavy atom. The van der Waals surface area contributed by atoms with Crippen LogP contribution in [0.1, 0.15) is 19.3 Å². The van der Waals surface area contributed by atoms with Crippen LogP contribution in [0, 0.1) is 5.92 Å². The molecule has 0 unspecified atom stereocenters. The zero-order valence-electron chi connectivity index (χ0n) is 10.3. The molecule has 1 aromatic rings.